The molecule has 31 heavy (non-hydrogen) atoms. The van der Waals surface area contributed by atoms with Crippen molar-refractivity contribution in [2.24, 2.45) is 0 Å². The lowest BCUT2D eigenvalue weighted by Crippen LogP contribution is -2.52. The number of amides is 3. The predicted molar refractivity (Wildman–Crippen MR) is 115 cm³/mol. The van der Waals surface area contributed by atoms with Crippen molar-refractivity contribution in [3.8, 4) is 11.8 Å². The van der Waals surface area contributed by atoms with Gasteiger partial charge in [0, 0.05) is 37.3 Å². The Labute approximate surface area is 183 Å². The van der Waals surface area contributed by atoms with E-state index < -0.39 is 11.9 Å². The van der Waals surface area contributed by atoms with Gasteiger partial charge in [-0.15, -0.1) is 0 Å². The average molecular weight is 427 g/mol. The van der Waals surface area contributed by atoms with Crippen molar-refractivity contribution in [2.75, 3.05) is 19.8 Å². The summed E-state index contributed by atoms with van der Waals surface area (Å²) in [6, 6.07) is 4.81. The summed E-state index contributed by atoms with van der Waals surface area (Å²) < 4.78 is 5.59. The fourth-order valence-electron chi connectivity index (χ4n) is 3.98. The molecule has 1 aromatic carbocycles. The van der Waals surface area contributed by atoms with Crippen LogP contribution in [0.4, 0.5) is 0 Å². The quantitative estimate of drug-likeness (QED) is 0.340. The van der Waals surface area contributed by atoms with Gasteiger partial charge in [-0.25, -0.2) is 0 Å². The normalized spacial score (nSPS) is 17.9. The lowest BCUT2D eigenvalue weighted by atomic mass is 10.0. The minimum atomic E-state index is -0.620. The SMILES string of the molecule is O=C1CCC(N2Cc3c(C#CCOCCCCCCCCO)cccc3C2=O)C(=O)N1. The van der Waals surface area contributed by atoms with E-state index >= 15 is 0 Å². The summed E-state index contributed by atoms with van der Waals surface area (Å²) in [6.07, 6.45) is 6.96. The lowest BCUT2D eigenvalue weighted by molar-refractivity contribution is -0.136. The Bertz CT molecular complexity index is 870. The standard InChI is InChI=1S/C24H30N2O5/c27-14-5-3-1-2-4-6-15-31-16-8-10-18-9-7-11-19-20(18)17-26(24(19)30)21-12-13-22(28)25-23(21)29/h7,9,11,21,27H,1-6,12-17H2,(H,25,28,29). The van der Waals surface area contributed by atoms with Crippen LogP contribution in [0.25, 0.3) is 0 Å². The second-order valence-corrected chi connectivity index (χ2v) is 7.93. The van der Waals surface area contributed by atoms with Gasteiger partial charge in [-0.3, -0.25) is 19.7 Å². The molecular formula is C24H30N2O5. The summed E-state index contributed by atoms with van der Waals surface area (Å²) >= 11 is 0. The van der Waals surface area contributed by atoms with Crippen LogP contribution in [0, 0.1) is 11.8 Å². The molecule has 7 nitrogen and oxygen atoms in total. The number of fused-ring (bicyclic) bond motifs is 1. The number of hydrogen-bond acceptors (Lipinski definition) is 5. The number of nitrogens with zero attached hydrogens (tertiary/aromatic N) is 1. The molecule has 1 fully saturated rings. The number of ether oxygens (including phenoxy) is 1. The highest BCUT2D eigenvalue weighted by atomic mass is 16.5. The first kappa shape index (κ1) is 23.0. The van der Waals surface area contributed by atoms with Crippen LogP contribution in [0.3, 0.4) is 0 Å². The predicted octanol–water partition coefficient (Wildman–Crippen LogP) is 2.15. The topological polar surface area (TPSA) is 95.9 Å². The molecule has 2 N–H and O–H groups in total. The number of piperidine rings is 1. The number of nitrogens with one attached hydrogen (secondary N) is 1. The van der Waals surface area contributed by atoms with Gasteiger partial charge in [0.05, 0.1) is 0 Å². The van der Waals surface area contributed by atoms with Crippen LogP contribution >= 0.6 is 0 Å². The number of hydrogen-bond donors (Lipinski definition) is 2. The van der Waals surface area contributed by atoms with E-state index in [1.807, 2.05) is 6.07 Å². The number of carbonyl (C=O) groups excluding carboxylic acids is 3. The molecule has 0 spiro atoms. The molecule has 0 bridgehead atoms. The number of carbonyl (C=O) groups is 3. The smallest absolute Gasteiger partial charge is 0.255 e. The van der Waals surface area contributed by atoms with Crippen molar-refractivity contribution in [1.29, 1.82) is 0 Å². The average Bonchev–Trinajstić information content (AvgIpc) is 3.09. The summed E-state index contributed by atoms with van der Waals surface area (Å²) in [4.78, 5) is 37.9. The fourth-order valence-corrected chi connectivity index (χ4v) is 3.98. The third-order valence-electron chi connectivity index (χ3n) is 5.68. The zero-order valence-corrected chi connectivity index (χ0v) is 17.8. The molecule has 0 aliphatic carbocycles. The second kappa shape index (κ2) is 11.6. The van der Waals surface area contributed by atoms with E-state index in [0.717, 1.165) is 49.7 Å². The first-order valence-corrected chi connectivity index (χ1v) is 11.1. The molecule has 7 heteroatoms. The molecule has 3 rings (SSSR count). The van der Waals surface area contributed by atoms with Gasteiger partial charge in [0.25, 0.3) is 5.91 Å². The lowest BCUT2D eigenvalue weighted by Gasteiger charge is -2.29. The first-order valence-electron chi connectivity index (χ1n) is 11.1. The van der Waals surface area contributed by atoms with Crippen LogP contribution in [0.2, 0.25) is 0 Å². The van der Waals surface area contributed by atoms with Crippen LogP contribution < -0.4 is 5.32 Å². The molecule has 166 valence electrons. The number of benzene rings is 1. The van der Waals surface area contributed by atoms with E-state index in [2.05, 4.69) is 17.2 Å². The molecule has 2 aliphatic heterocycles. The highest BCUT2D eigenvalue weighted by molar-refractivity contribution is 6.05. The van der Waals surface area contributed by atoms with Gasteiger partial charge >= 0.3 is 0 Å². The van der Waals surface area contributed by atoms with E-state index in [9.17, 15) is 14.4 Å². The van der Waals surface area contributed by atoms with Crippen molar-refractivity contribution in [2.45, 2.75) is 64.0 Å². The van der Waals surface area contributed by atoms with E-state index in [1.54, 1.807) is 12.1 Å². The van der Waals surface area contributed by atoms with Gasteiger partial charge < -0.3 is 14.7 Å². The van der Waals surface area contributed by atoms with Crippen molar-refractivity contribution in [3.63, 3.8) is 0 Å². The number of aliphatic hydroxyl groups excluding tert-OH is 1. The van der Waals surface area contributed by atoms with Crippen LogP contribution in [0.5, 0.6) is 0 Å². The molecule has 3 amide bonds. The van der Waals surface area contributed by atoms with Crippen LogP contribution in [-0.4, -0.2) is 53.6 Å². The molecular weight excluding hydrogens is 396 g/mol. The molecule has 0 radical (unpaired) electrons. The molecule has 1 aromatic rings. The molecule has 1 saturated heterocycles. The number of imide groups is 1. The third kappa shape index (κ3) is 6.16. The number of rotatable bonds is 10. The van der Waals surface area contributed by atoms with Gasteiger partial charge in [-0.05, 0) is 37.0 Å². The molecule has 1 atom stereocenters. The Morgan fingerprint density at radius 1 is 1.10 bits per heavy atom. The molecule has 0 saturated carbocycles. The van der Waals surface area contributed by atoms with Gasteiger partial charge in [0.15, 0.2) is 0 Å². The van der Waals surface area contributed by atoms with Crippen molar-refractivity contribution in [3.05, 3.63) is 34.9 Å². The molecule has 1 unspecified atom stereocenters. The van der Waals surface area contributed by atoms with E-state index in [4.69, 9.17) is 9.84 Å². The summed E-state index contributed by atoms with van der Waals surface area (Å²) in [6.45, 7) is 1.60. The molecule has 2 aliphatic rings. The number of unbranched alkanes of at least 4 members (excludes halogenated alkanes) is 5. The van der Waals surface area contributed by atoms with Crippen LogP contribution in [0.1, 0.15) is 72.9 Å². The Balaban J connectivity index is 1.48. The molecule has 2 heterocycles. The monoisotopic (exact) mass is 426 g/mol. The minimum Gasteiger partial charge on any atom is -0.396 e. The minimum absolute atomic E-state index is 0.191. The van der Waals surface area contributed by atoms with Crippen LogP contribution in [0.15, 0.2) is 18.2 Å². The summed E-state index contributed by atoms with van der Waals surface area (Å²) in [5.74, 6) is 5.23. The summed E-state index contributed by atoms with van der Waals surface area (Å²) in [5, 5.41) is 11.1. The van der Waals surface area contributed by atoms with Crippen molar-refractivity contribution < 1.29 is 24.2 Å². The first-order chi connectivity index (χ1) is 15.1. The highest BCUT2D eigenvalue weighted by Crippen LogP contribution is 2.29. The second-order valence-electron chi connectivity index (χ2n) is 7.93. The van der Waals surface area contributed by atoms with E-state index in [-0.39, 0.29) is 24.8 Å². The Hall–Kier alpha value is -2.69. The van der Waals surface area contributed by atoms with E-state index in [0.29, 0.717) is 31.7 Å². The maximum Gasteiger partial charge on any atom is 0.255 e. The fraction of sp³-hybridized carbons (Fsp3) is 0.542. The Kier molecular flexibility index (Phi) is 8.63. The Morgan fingerprint density at radius 3 is 2.65 bits per heavy atom. The number of aliphatic hydroxyl groups is 1. The van der Waals surface area contributed by atoms with Gasteiger partial charge in [-0.1, -0.05) is 43.6 Å². The molecule has 0 aromatic heterocycles. The zero-order chi connectivity index (χ0) is 22.1. The highest BCUT2D eigenvalue weighted by Gasteiger charge is 2.39. The third-order valence-corrected chi connectivity index (χ3v) is 5.68. The summed E-state index contributed by atoms with van der Waals surface area (Å²) in [5.41, 5.74) is 2.17. The van der Waals surface area contributed by atoms with Crippen LogP contribution in [-0.2, 0) is 20.9 Å². The maximum absolute atomic E-state index is 12.8. The van der Waals surface area contributed by atoms with Gasteiger partial charge in [-0.2, -0.15) is 0 Å². The van der Waals surface area contributed by atoms with Gasteiger partial charge in [0.1, 0.15) is 12.6 Å². The zero-order valence-electron chi connectivity index (χ0n) is 17.8. The largest absolute Gasteiger partial charge is 0.396 e. The maximum atomic E-state index is 12.8. The van der Waals surface area contributed by atoms with E-state index in [1.165, 1.54) is 4.90 Å². The van der Waals surface area contributed by atoms with Crippen molar-refractivity contribution >= 4 is 17.7 Å². The Morgan fingerprint density at radius 2 is 1.87 bits per heavy atom. The van der Waals surface area contributed by atoms with Crippen molar-refractivity contribution in [1.82, 2.24) is 10.2 Å². The van der Waals surface area contributed by atoms with Gasteiger partial charge in [0.2, 0.25) is 11.8 Å². The summed E-state index contributed by atoms with van der Waals surface area (Å²) in [7, 11) is 0.